The molecular formula is C19H23N3O4S. The summed E-state index contributed by atoms with van der Waals surface area (Å²) in [7, 11) is -1.97. The van der Waals surface area contributed by atoms with E-state index in [1.165, 1.54) is 19.2 Å². The van der Waals surface area contributed by atoms with Crippen molar-refractivity contribution >= 4 is 21.6 Å². The number of ether oxygens (including phenoxy) is 1. The first-order valence-electron chi connectivity index (χ1n) is 8.80. The van der Waals surface area contributed by atoms with E-state index in [9.17, 15) is 13.2 Å². The lowest BCUT2D eigenvalue weighted by molar-refractivity contribution is -0.131. The lowest BCUT2D eigenvalue weighted by Gasteiger charge is -2.35. The van der Waals surface area contributed by atoms with E-state index in [4.69, 9.17) is 4.74 Å². The monoisotopic (exact) mass is 389 g/mol. The van der Waals surface area contributed by atoms with Crippen LogP contribution in [0.3, 0.4) is 0 Å². The highest BCUT2D eigenvalue weighted by molar-refractivity contribution is 7.91. The van der Waals surface area contributed by atoms with Crippen LogP contribution in [0.25, 0.3) is 0 Å². The topological polar surface area (TPSA) is 79.8 Å². The zero-order valence-corrected chi connectivity index (χ0v) is 16.1. The van der Waals surface area contributed by atoms with Gasteiger partial charge in [-0.25, -0.2) is 13.4 Å². The molecule has 0 unspecified atom stereocenters. The summed E-state index contributed by atoms with van der Waals surface area (Å²) in [5.41, 5.74) is 0. The number of carbonyl (C=O) groups excluding carboxylic acids is 1. The van der Waals surface area contributed by atoms with Gasteiger partial charge in [-0.15, -0.1) is 0 Å². The number of pyridine rings is 1. The van der Waals surface area contributed by atoms with E-state index >= 15 is 0 Å². The van der Waals surface area contributed by atoms with Gasteiger partial charge in [-0.05, 0) is 36.4 Å². The molecule has 3 rings (SSSR count). The third kappa shape index (κ3) is 4.77. The molecule has 1 fully saturated rings. The molecule has 0 bridgehead atoms. The molecular weight excluding hydrogens is 366 g/mol. The average molecular weight is 389 g/mol. The molecule has 0 N–H and O–H groups in total. The van der Waals surface area contributed by atoms with Crippen LogP contribution < -0.4 is 9.64 Å². The van der Waals surface area contributed by atoms with E-state index in [0.29, 0.717) is 31.9 Å². The molecule has 1 aliphatic rings. The standard InChI is InChI=1S/C19H23N3O4S/c1-26-16-5-7-17(8-6-16)27(24,25)15-9-19(23)22-13-11-21(12-14-22)18-4-2-3-10-20-18/h2-8,10H,9,11-15H2,1H3. The number of amides is 1. The van der Waals surface area contributed by atoms with Crippen LogP contribution in [0.1, 0.15) is 6.42 Å². The zero-order valence-electron chi connectivity index (χ0n) is 15.2. The minimum atomic E-state index is -3.50. The molecule has 1 aliphatic heterocycles. The number of aromatic nitrogens is 1. The van der Waals surface area contributed by atoms with Gasteiger partial charge in [0, 0.05) is 38.8 Å². The van der Waals surface area contributed by atoms with E-state index < -0.39 is 9.84 Å². The fourth-order valence-corrected chi connectivity index (χ4v) is 4.24. The van der Waals surface area contributed by atoms with Gasteiger partial charge < -0.3 is 14.5 Å². The predicted molar refractivity (Wildman–Crippen MR) is 103 cm³/mol. The minimum absolute atomic E-state index is 0.0159. The van der Waals surface area contributed by atoms with Gasteiger partial charge in [0.05, 0.1) is 17.8 Å². The van der Waals surface area contributed by atoms with Gasteiger partial charge in [0.1, 0.15) is 11.6 Å². The largest absolute Gasteiger partial charge is 0.497 e. The number of piperazine rings is 1. The Hall–Kier alpha value is -2.61. The summed E-state index contributed by atoms with van der Waals surface area (Å²) in [6, 6.07) is 12.0. The van der Waals surface area contributed by atoms with E-state index in [1.807, 2.05) is 18.2 Å². The Morgan fingerprint density at radius 1 is 1.07 bits per heavy atom. The zero-order chi connectivity index (χ0) is 19.3. The molecule has 0 atom stereocenters. The molecule has 2 heterocycles. The first kappa shape index (κ1) is 19.2. The number of hydrogen-bond donors (Lipinski definition) is 0. The molecule has 1 amide bonds. The van der Waals surface area contributed by atoms with Crippen LogP contribution in [-0.2, 0) is 14.6 Å². The normalized spacial score (nSPS) is 14.9. The average Bonchev–Trinajstić information content (AvgIpc) is 2.73. The van der Waals surface area contributed by atoms with Gasteiger partial charge in [-0.3, -0.25) is 4.79 Å². The van der Waals surface area contributed by atoms with Gasteiger partial charge in [0.25, 0.3) is 0 Å². The smallest absolute Gasteiger partial charge is 0.223 e. The Morgan fingerprint density at radius 2 is 1.78 bits per heavy atom. The Kier molecular flexibility index (Phi) is 5.95. The van der Waals surface area contributed by atoms with Crippen LogP contribution >= 0.6 is 0 Å². The van der Waals surface area contributed by atoms with E-state index in [-0.39, 0.29) is 23.0 Å². The van der Waals surface area contributed by atoms with Crippen LogP contribution in [-0.4, -0.2) is 63.3 Å². The molecule has 1 aromatic heterocycles. The van der Waals surface area contributed by atoms with Crippen LogP contribution in [0.5, 0.6) is 5.75 Å². The third-order valence-corrected chi connectivity index (χ3v) is 6.34. The minimum Gasteiger partial charge on any atom is -0.497 e. The summed E-state index contributed by atoms with van der Waals surface area (Å²) in [6.07, 6.45) is 1.73. The summed E-state index contributed by atoms with van der Waals surface area (Å²) >= 11 is 0. The van der Waals surface area contributed by atoms with Gasteiger partial charge in [0.2, 0.25) is 5.91 Å². The maximum atomic E-state index is 12.4. The van der Waals surface area contributed by atoms with Gasteiger partial charge in [0.15, 0.2) is 9.84 Å². The van der Waals surface area contributed by atoms with Gasteiger partial charge in [-0.1, -0.05) is 6.07 Å². The van der Waals surface area contributed by atoms with Crippen molar-refractivity contribution in [2.24, 2.45) is 0 Å². The summed E-state index contributed by atoms with van der Waals surface area (Å²) < 4.78 is 29.9. The van der Waals surface area contributed by atoms with Crippen molar-refractivity contribution in [1.82, 2.24) is 9.88 Å². The maximum Gasteiger partial charge on any atom is 0.223 e. The van der Waals surface area contributed by atoms with E-state index in [1.54, 1.807) is 23.2 Å². The maximum absolute atomic E-state index is 12.4. The number of rotatable bonds is 6. The Labute approximate surface area is 159 Å². The molecule has 8 heteroatoms. The third-order valence-electron chi connectivity index (χ3n) is 4.61. The number of hydrogen-bond acceptors (Lipinski definition) is 6. The summed E-state index contributed by atoms with van der Waals surface area (Å²) in [6.45, 7) is 2.51. The molecule has 2 aromatic rings. The Bertz CT molecular complexity index is 862. The highest BCUT2D eigenvalue weighted by Gasteiger charge is 2.24. The summed E-state index contributed by atoms with van der Waals surface area (Å²) in [4.78, 5) is 20.8. The molecule has 0 aliphatic carbocycles. The second kappa shape index (κ2) is 8.39. The SMILES string of the molecule is COc1ccc(S(=O)(=O)CCC(=O)N2CCN(c3ccccn3)CC2)cc1. The predicted octanol–water partition coefficient (Wildman–Crippen LogP) is 1.60. The molecule has 144 valence electrons. The fourth-order valence-electron chi connectivity index (χ4n) is 3.01. The van der Waals surface area contributed by atoms with Crippen LogP contribution in [0.2, 0.25) is 0 Å². The van der Waals surface area contributed by atoms with Crippen molar-refractivity contribution in [3.05, 3.63) is 48.7 Å². The van der Waals surface area contributed by atoms with E-state index in [0.717, 1.165) is 5.82 Å². The highest BCUT2D eigenvalue weighted by atomic mass is 32.2. The van der Waals surface area contributed by atoms with E-state index in [2.05, 4.69) is 9.88 Å². The molecule has 7 nitrogen and oxygen atoms in total. The van der Waals surface area contributed by atoms with Crippen molar-refractivity contribution in [3.63, 3.8) is 0 Å². The molecule has 27 heavy (non-hydrogen) atoms. The van der Waals surface area contributed by atoms with Crippen molar-refractivity contribution in [3.8, 4) is 5.75 Å². The van der Waals surface area contributed by atoms with Crippen LogP contribution in [0.4, 0.5) is 5.82 Å². The molecule has 0 saturated carbocycles. The molecule has 0 radical (unpaired) electrons. The fraction of sp³-hybridized carbons (Fsp3) is 0.368. The number of anilines is 1. The summed E-state index contributed by atoms with van der Waals surface area (Å²) in [5.74, 6) is 1.16. The number of benzene rings is 1. The quantitative estimate of drug-likeness (QED) is 0.747. The molecule has 1 aromatic carbocycles. The lowest BCUT2D eigenvalue weighted by Crippen LogP contribution is -2.49. The second-order valence-corrected chi connectivity index (χ2v) is 8.41. The van der Waals surface area contributed by atoms with Crippen molar-refractivity contribution < 1.29 is 17.9 Å². The number of sulfone groups is 1. The number of methoxy groups -OCH3 is 1. The Morgan fingerprint density at radius 3 is 2.37 bits per heavy atom. The van der Waals surface area contributed by atoms with Crippen molar-refractivity contribution in [1.29, 1.82) is 0 Å². The Balaban J connectivity index is 1.52. The van der Waals surface area contributed by atoms with Crippen LogP contribution in [0, 0.1) is 0 Å². The first-order chi connectivity index (χ1) is 13.0. The van der Waals surface area contributed by atoms with Crippen LogP contribution in [0.15, 0.2) is 53.6 Å². The first-order valence-corrected chi connectivity index (χ1v) is 10.5. The van der Waals surface area contributed by atoms with Crippen molar-refractivity contribution in [2.75, 3.05) is 43.9 Å². The molecule has 1 saturated heterocycles. The second-order valence-electron chi connectivity index (χ2n) is 6.30. The molecule has 0 spiro atoms. The van der Waals surface area contributed by atoms with Crippen molar-refractivity contribution in [2.45, 2.75) is 11.3 Å². The summed E-state index contributed by atoms with van der Waals surface area (Å²) in [5, 5.41) is 0. The van der Waals surface area contributed by atoms with Gasteiger partial charge >= 0.3 is 0 Å². The lowest BCUT2D eigenvalue weighted by atomic mass is 10.3. The number of carbonyl (C=O) groups is 1. The number of nitrogens with zero attached hydrogens (tertiary/aromatic N) is 3. The van der Waals surface area contributed by atoms with Gasteiger partial charge in [-0.2, -0.15) is 0 Å². The highest BCUT2D eigenvalue weighted by Crippen LogP contribution is 2.18.